The first-order chi connectivity index (χ1) is 10.3. The van der Waals surface area contributed by atoms with E-state index in [9.17, 15) is 0 Å². The average molecular weight is 279 g/mol. The van der Waals surface area contributed by atoms with Crippen LogP contribution >= 0.6 is 0 Å². The highest BCUT2D eigenvalue weighted by atomic mass is 16.4. The zero-order chi connectivity index (χ0) is 14.5. The molecule has 3 aromatic rings. The molecule has 21 heavy (non-hydrogen) atoms. The molecule has 1 atom stereocenters. The van der Waals surface area contributed by atoms with Crippen LogP contribution in [0.4, 0.5) is 5.69 Å². The lowest BCUT2D eigenvalue weighted by Gasteiger charge is -2.14. The van der Waals surface area contributed by atoms with E-state index in [1.165, 1.54) is 12.0 Å². The summed E-state index contributed by atoms with van der Waals surface area (Å²) in [5.41, 5.74) is 3.30. The summed E-state index contributed by atoms with van der Waals surface area (Å²) < 4.78 is 5.22. The lowest BCUT2D eigenvalue weighted by atomic mass is 10.0. The fraction of sp³-hybridized carbons (Fsp3) is 0.176. The average Bonchev–Trinajstić information content (AvgIpc) is 3.08. The number of benzene rings is 2. The predicted molar refractivity (Wildman–Crippen MR) is 83.1 cm³/mol. The molecule has 4 heteroatoms. The Morgan fingerprint density at radius 2 is 1.95 bits per heavy atom. The van der Waals surface area contributed by atoms with Gasteiger partial charge in [-0.3, -0.25) is 0 Å². The quantitative estimate of drug-likeness (QED) is 0.768. The molecule has 3 rings (SSSR count). The van der Waals surface area contributed by atoms with Crippen molar-refractivity contribution in [3.8, 4) is 11.5 Å². The maximum atomic E-state index is 5.22. The van der Waals surface area contributed by atoms with E-state index < -0.39 is 0 Å². The fourth-order valence-electron chi connectivity index (χ4n) is 2.23. The van der Waals surface area contributed by atoms with Crippen molar-refractivity contribution in [3.63, 3.8) is 0 Å². The Balaban J connectivity index is 1.67. The summed E-state index contributed by atoms with van der Waals surface area (Å²) in [6.07, 6.45) is 1.34. The highest BCUT2D eigenvalue weighted by molar-refractivity contribution is 5.60. The molecule has 0 amide bonds. The zero-order valence-electron chi connectivity index (χ0n) is 11.9. The van der Waals surface area contributed by atoms with Gasteiger partial charge in [0.25, 0.3) is 0 Å². The van der Waals surface area contributed by atoms with Crippen LogP contribution in [0.2, 0.25) is 0 Å². The molecule has 1 aromatic heterocycles. The van der Waals surface area contributed by atoms with Crippen molar-refractivity contribution in [1.29, 1.82) is 0 Å². The van der Waals surface area contributed by atoms with Gasteiger partial charge in [-0.05, 0) is 29.7 Å². The molecule has 0 bridgehead atoms. The molecular formula is C17H17N3O. The molecule has 0 saturated carbocycles. The van der Waals surface area contributed by atoms with Crippen LogP contribution in [-0.4, -0.2) is 16.7 Å². The Labute approximate surface area is 123 Å². The number of hydrogen-bond acceptors (Lipinski definition) is 4. The van der Waals surface area contributed by atoms with E-state index in [4.69, 9.17) is 4.42 Å². The van der Waals surface area contributed by atoms with Crippen LogP contribution in [0.15, 0.2) is 65.4 Å². The Hall–Kier alpha value is -2.62. The Kier molecular flexibility index (Phi) is 3.96. The Morgan fingerprint density at radius 1 is 1.10 bits per heavy atom. The minimum atomic E-state index is 0.443. The van der Waals surface area contributed by atoms with Crippen LogP contribution in [0.1, 0.15) is 18.4 Å². The van der Waals surface area contributed by atoms with E-state index in [0.29, 0.717) is 11.8 Å². The van der Waals surface area contributed by atoms with Crippen LogP contribution in [0.25, 0.3) is 11.5 Å². The summed E-state index contributed by atoms with van der Waals surface area (Å²) in [5, 5.41) is 11.1. The molecule has 0 unspecified atom stereocenters. The molecule has 0 aliphatic heterocycles. The van der Waals surface area contributed by atoms with Crippen LogP contribution in [0.5, 0.6) is 0 Å². The van der Waals surface area contributed by atoms with Gasteiger partial charge >= 0.3 is 0 Å². The van der Waals surface area contributed by atoms with Crippen LogP contribution in [0, 0.1) is 0 Å². The lowest BCUT2D eigenvalue weighted by molar-refractivity contribution is 0.568. The topological polar surface area (TPSA) is 51.0 Å². The molecule has 4 nitrogen and oxygen atoms in total. The zero-order valence-corrected chi connectivity index (χ0v) is 11.9. The van der Waals surface area contributed by atoms with E-state index in [2.05, 4.69) is 46.7 Å². The largest absolute Gasteiger partial charge is 0.423 e. The number of anilines is 1. The molecule has 0 radical (unpaired) electrons. The molecular weight excluding hydrogens is 262 g/mol. The summed E-state index contributed by atoms with van der Waals surface area (Å²) in [5.74, 6) is 0.980. The molecule has 2 aromatic carbocycles. The summed E-state index contributed by atoms with van der Waals surface area (Å²) in [7, 11) is 0. The predicted octanol–water partition coefficient (Wildman–Crippen LogP) is 3.95. The number of nitrogens with one attached hydrogen (secondary N) is 1. The van der Waals surface area contributed by atoms with Gasteiger partial charge in [-0.1, -0.05) is 43.3 Å². The minimum absolute atomic E-state index is 0.443. The standard InChI is InChI=1S/C17H17N3O/c1-13(14-6-3-2-4-7-14)11-18-16-9-5-8-15(10-16)17-20-19-12-21-17/h2-10,12-13,18H,11H2,1H3/t13-/m1/s1. The molecule has 0 spiro atoms. The van der Waals surface area contributed by atoms with Gasteiger partial charge in [0.1, 0.15) is 0 Å². The highest BCUT2D eigenvalue weighted by Crippen LogP contribution is 2.21. The van der Waals surface area contributed by atoms with Gasteiger partial charge in [0.15, 0.2) is 0 Å². The smallest absolute Gasteiger partial charge is 0.247 e. The van der Waals surface area contributed by atoms with E-state index in [1.807, 2.05) is 30.3 Å². The fourth-order valence-corrected chi connectivity index (χ4v) is 2.23. The third-order valence-electron chi connectivity index (χ3n) is 3.45. The summed E-state index contributed by atoms with van der Waals surface area (Å²) in [4.78, 5) is 0. The van der Waals surface area contributed by atoms with Gasteiger partial charge in [-0.15, -0.1) is 10.2 Å². The Bertz CT molecular complexity index is 680. The third-order valence-corrected chi connectivity index (χ3v) is 3.45. The first-order valence-corrected chi connectivity index (χ1v) is 6.98. The first kappa shape index (κ1) is 13.4. The molecule has 0 saturated heterocycles. The van der Waals surface area contributed by atoms with Crippen molar-refractivity contribution in [2.75, 3.05) is 11.9 Å². The summed E-state index contributed by atoms with van der Waals surface area (Å²) in [6.45, 7) is 3.08. The normalized spacial score (nSPS) is 12.0. The van der Waals surface area contributed by atoms with Crippen molar-refractivity contribution in [2.45, 2.75) is 12.8 Å². The number of aromatic nitrogens is 2. The molecule has 0 aliphatic rings. The van der Waals surface area contributed by atoms with Gasteiger partial charge in [-0.25, -0.2) is 0 Å². The summed E-state index contributed by atoms with van der Waals surface area (Å²) in [6, 6.07) is 18.5. The van der Waals surface area contributed by atoms with Gasteiger partial charge in [-0.2, -0.15) is 0 Å². The van der Waals surface area contributed by atoms with Gasteiger partial charge in [0.05, 0.1) is 0 Å². The second-order valence-corrected chi connectivity index (χ2v) is 5.02. The molecule has 1 heterocycles. The SMILES string of the molecule is C[C@H](CNc1cccc(-c2nnco2)c1)c1ccccc1. The van der Waals surface area contributed by atoms with E-state index in [1.54, 1.807) is 0 Å². The van der Waals surface area contributed by atoms with Gasteiger partial charge in [0.2, 0.25) is 12.3 Å². The van der Waals surface area contributed by atoms with Crippen molar-refractivity contribution >= 4 is 5.69 Å². The van der Waals surface area contributed by atoms with Crippen LogP contribution in [0.3, 0.4) is 0 Å². The van der Waals surface area contributed by atoms with E-state index >= 15 is 0 Å². The van der Waals surface area contributed by atoms with Crippen LogP contribution < -0.4 is 5.32 Å². The maximum Gasteiger partial charge on any atom is 0.247 e. The summed E-state index contributed by atoms with van der Waals surface area (Å²) >= 11 is 0. The third kappa shape index (κ3) is 3.28. The monoisotopic (exact) mass is 279 g/mol. The van der Waals surface area contributed by atoms with Gasteiger partial charge in [0, 0.05) is 17.8 Å². The second kappa shape index (κ2) is 6.22. The van der Waals surface area contributed by atoms with E-state index in [0.717, 1.165) is 17.8 Å². The minimum Gasteiger partial charge on any atom is -0.423 e. The van der Waals surface area contributed by atoms with Gasteiger partial charge < -0.3 is 9.73 Å². The molecule has 0 fully saturated rings. The molecule has 0 aliphatic carbocycles. The van der Waals surface area contributed by atoms with Crippen LogP contribution in [-0.2, 0) is 0 Å². The molecule has 106 valence electrons. The number of rotatable bonds is 5. The van der Waals surface area contributed by atoms with E-state index in [-0.39, 0.29) is 0 Å². The lowest BCUT2D eigenvalue weighted by Crippen LogP contribution is -2.09. The molecule has 1 N–H and O–H groups in total. The Morgan fingerprint density at radius 3 is 2.71 bits per heavy atom. The van der Waals surface area contributed by atoms with Crippen molar-refractivity contribution in [2.24, 2.45) is 0 Å². The van der Waals surface area contributed by atoms with Crippen molar-refractivity contribution < 1.29 is 4.42 Å². The maximum absolute atomic E-state index is 5.22. The number of hydrogen-bond donors (Lipinski definition) is 1. The first-order valence-electron chi connectivity index (χ1n) is 6.98. The number of nitrogens with zero attached hydrogens (tertiary/aromatic N) is 2. The second-order valence-electron chi connectivity index (χ2n) is 5.02. The van der Waals surface area contributed by atoms with Crippen molar-refractivity contribution in [1.82, 2.24) is 10.2 Å². The van der Waals surface area contributed by atoms with Crippen molar-refractivity contribution in [3.05, 3.63) is 66.6 Å². The highest BCUT2D eigenvalue weighted by Gasteiger charge is 2.06.